The summed E-state index contributed by atoms with van der Waals surface area (Å²) in [5.41, 5.74) is 2.73. The Labute approximate surface area is 91.1 Å². The molecule has 0 aliphatic carbocycles. The van der Waals surface area contributed by atoms with Crippen molar-refractivity contribution in [3.63, 3.8) is 0 Å². The molecule has 0 saturated heterocycles. The molecule has 0 amide bonds. The molecule has 1 heterocycles. The summed E-state index contributed by atoms with van der Waals surface area (Å²) in [6.07, 6.45) is 2.28. The van der Waals surface area contributed by atoms with E-state index in [0.717, 1.165) is 6.54 Å². The van der Waals surface area contributed by atoms with Crippen molar-refractivity contribution in [2.75, 3.05) is 6.54 Å². The monoisotopic (exact) mass is 200 g/mol. The molecule has 15 heavy (non-hydrogen) atoms. The van der Waals surface area contributed by atoms with Crippen molar-refractivity contribution in [1.29, 1.82) is 5.26 Å². The van der Waals surface area contributed by atoms with E-state index in [1.807, 2.05) is 11.0 Å². The fourth-order valence-corrected chi connectivity index (χ4v) is 2.42. The summed E-state index contributed by atoms with van der Waals surface area (Å²) in [7, 11) is 0. The fraction of sp³-hybridized carbons (Fsp3) is 0.462. The van der Waals surface area contributed by atoms with Crippen LogP contribution in [0.15, 0.2) is 24.3 Å². The van der Waals surface area contributed by atoms with Crippen LogP contribution in [-0.2, 0) is 5.41 Å². The Morgan fingerprint density at radius 2 is 2.07 bits per heavy atom. The number of rotatable bonds is 0. The molecular weight excluding hydrogens is 184 g/mol. The van der Waals surface area contributed by atoms with E-state index in [2.05, 4.69) is 45.2 Å². The standard InChI is InChI=1S/C13H16N2/c1-10-11-6-4-5-7-12(11)13(2,3)8-15(10)9-14/h4-7,10H,8H2,1-3H3/t10-/m1/s1. The number of hydrogen-bond acceptors (Lipinski definition) is 2. The van der Waals surface area contributed by atoms with E-state index in [1.165, 1.54) is 11.1 Å². The maximum atomic E-state index is 9.10. The Morgan fingerprint density at radius 3 is 2.73 bits per heavy atom. The molecule has 78 valence electrons. The van der Waals surface area contributed by atoms with Gasteiger partial charge in [-0.3, -0.25) is 0 Å². The minimum absolute atomic E-state index is 0.0683. The predicted octanol–water partition coefficient (Wildman–Crippen LogP) is 2.82. The highest BCUT2D eigenvalue weighted by molar-refractivity contribution is 5.38. The first-order valence-electron chi connectivity index (χ1n) is 5.32. The smallest absolute Gasteiger partial charge is 0.179 e. The van der Waals surface area contributed by atoms with Crippen LogP contribution in [0.5, 0.6) is 0 Å². The lowest BCUT2D eigenvalue weighted by molar-refractivity contribution is 0.226. The Balaban J connectivity index is 2.56. The molecule has 2 nitrogen and oxygen atoms in total. The van der Waals surface area contributed by atoms with Crippen LogP contribution in [0, 0.1) is 11.5 Å². The van der Waals surface area contributed by atoms with Crippen LogP contribution in [0.2, 0.25) is 0 Å². The van der Waals surface area contributed by atoms with Crippen molar-refractivity contribution in [3.8, 4) is 6.19 Å². The average Bonchev–Trinajstić information content (AvgIpc) is 2.24. The van der Waals surface area contributed by atoms with Gasteiger partial charge in [0, 0.05) is 12.0 Å². The first kappa shape index (κ1) is 10.0. The minimum Gasteiger partial charge on any atom is -0.303 e. The second-order valence-corrected chi connectivity index (χ2v) is 4.88. The summed E-state index contributed by atoms with van der Waals surface area (Å²) < 4.78 is 0. The van der Waals surface area contributed by atoms with Crippen molar-refractivity contribution >= 4 is 0 Å². The first-order chi connectivity index (χ1) is 7.06. The number of nitrogens with zero attached hydrogens (tertiary/aromatic N) is 2. The number of nitriles is 1. The van der Waals surface area contributed by atoms with Gasteiger partial charge in [0.25, 0.3) is 0 Å². The third kappa shape index (κ3) is 1.48. The van der Waals surface area contributed by atoms with Crippen LogP contribution in [0.3, 0.4) is 0 Å². The van der Waals surface area contributed by atoms with Crippen LogP contribution in [0.1, 0.15) is 37.9 Å². The molecule has 0 unspecified atom stereocenters. The molecule has 2 heteroatoms. The predicted molar refractivity (Wildman–Crippen MR) is 60.2 cm³/mol. The van der Waals surface area contributed by atoms with E-state index in [0.29, 0.717) is 0 Å². The van der Waals surface area contributed by atoms with Crippen molar-refractivity contribution in [1.82, 2.24) is 4.90 Å². The maximum absolute atomic E-state index is 9.10. The Hall–Kier alpha value is -1.49. The molecule has 0 fully saturated rings. The molecular formula is C13H16N2. The Kier molecular flexibility index (Phi) is 2.19. The zero-order valence-corrected chi connectivity index (χ0v) is 9.49. The summed E-state index contributed by atoms with van der Waals surface area (Å²) in [5.74, 6) is 0. The normalized spacial score (nSPS) is 23.1. The van der Waals surface area contributed by atoms with Gasteiger partial charge in [-0.2, -0.15) is 5.26 Å². The maximum Gasteiger partial charge on any atom is 0.179 e. The molecule has 0 saturated carbocycles. The molecule has 1 aliphatic heterocycles. The minimum atomic E-state index is 0.0683. The van der Waals surface area contributed by atoms with Gasteiger partial charge < -0.3 is 4.90 Å². The van der Waals surface area contributed by atoms with Crippen LogP contribution >= 0.6 is 0 Å². The summed E-state index contributed by atoms with van der Waals surface area (Å²) in [4.78, 5) is 1.86. The Bertz CT molecular complexity index is 415. The number of benzene rings is 1. The van der Waals surface area contributed by atoms with E-state index in [4.69, 9.17) is 5.26 Å². The second-order valence-electron chi connectivity index (χ2n) is 4.88. The molecule has 0 radical (unpaired) electrons. The van der Waals surface area contributed by atoms with Gasteiger partial charge in [0.2, 0.25) is 0 Å². The van der Waals surface area contributed by atoms with Crippen LogP contribution in [-0.4, -0.2) is 11.4 Å². The molecule has 0 bridgehead atoms. The lowest BCUT2D eigenvalue weighted by Crippen LogP contribution is -2.41. The van der Waals surface area contributed by atoms with Gasteiger partial charge in [0.05, 0.1) is 6.04 Å². The zero-order chi connectivity index (χ0) is 11.1. The Morgan fingerprint density at radius 1 is 1.40 bits per heavy atom. The van der Waals surface area contributed by atoms with E-state index >= 15 is 0 Å². The van der Waals surface area contributed by atoms with Crippen LogP contribution < -0.4 is 0 Å². The lowest BCUT2D eigenvalue weighted by atomic mass is 9.76. The highest BCUT2D eigenvalue weighted by atomic mass is 15.2. The molecule has 0 N–H and O–H groups in total. The molecule has 1 aliphatic rings. The lowest BCUT2D eigenvalue weighted by Gasteiger charge is -2.41. The van der Waals surface area contributed by atoms with E-state index < -0.39 is 0 Å². The van der Waals surface area contributed by atoms with E-state index in [9.17, 15) is 0 Å². The van der Waals surface area contributed by atoms with Crippen LogP contribution in [0.25, 0.3) is 0 Å². The van der Waals surface area contributed by atoms with Gasteiger partial charge in [-0.05, 0) is 18.1 Å². The largest absolute Gasteiger partial charge is 0.303 e. The van der Waals surface area contributed by atoms with Crippen molar-refractivity contribution < 1.29 is 0 Å². The topological polar surface area (TPSA) is 27.0 Å². The summed E-state index contributed by atoms with van der Waals surface area (Å²) in [5, 5.41) is 9.10. The molecule has 0 spiro atoms. The van der Waals surface area contributed by atoms with Crippen LogP contribution in [0.4, 0.5) is 0 Å². The van der Waals surface area contributed by atoms with Crippen molar-refractivity contribution in [2.24, 2.45) is 0 Å². The van der Waals surface area contributed by atoms with E-state index in [-0.39, 0.29) is 11.5 Å². The number of hydrogen-bond donors (Lipinski definition) is 0. The zero-order valence-electron chi connectivity index (χ0n) is 9.49. The third-order valence-electron chi connectivity index (χ3n) is 3.30. The van der Waals surface area contributed by atoms with Gasteiger partial charge in [-0.15, -0.1) is 0 Å². The van der Waals surface area contributed by atoms with Crippen molar-refractivity contribution in [3.05, 3.63) is 35.4 Å². The molecule has 2 rings (SSSR count). The van der Waals surface area contributed by atoms with E-state index in [1.54, 1.807) is 0 Å². The van der Waals surface area contributed by atoms with Gasteiger partial charge in [-0.25, -0.2) is 0 Å². The molecule has 0 aromatic heterocycles. The quantitative estimate of drug-likeness (QED) is 0.602. The second kappa shape index (κ2) is 3.27. The van der Waals surface area contributed by atoms with Gasteiger partial charge in [0.1, 0.15) is 0 Å². The summed E-state index contributed by atoms with van der Waals surface area (Å²) in [6, 6.07) is 8.65. The van der Waals surface area contributed by atoms with Gasteiger partial charge >= 0.3 is 0 Å². The summed E-state index contributed by atoms with van der Waals surface area (Å²) >= 11 is 0. The number of fused-ring (bicyclic) bond motifs is 1. The highest BCUT2D eigenvalue weighted by Gasteiger charge is 2.34. The fourth-order valence-electron chi connectivity index (χ4n) is 2.42. The molecule has 1 aromatic rings. The first-order valence-corrected chi connectivity index (χ1v) is 5.32. The summed E-state index contributed by atoms with van der Waals surface area (Å²) in [6.45, 7) is 7.29. The third-order valence-corrected chi connectivity index (χ3v) is 3.30. The average molecular weight is 200 g/mol. The SMILES string of the molecule is C[C@@H]1c2ccccc2C(C)(C)CN1C#N. The molecule has 1 aromatic carbocycles. The molecule has 1 atom stereocenters. The van der Waals surface area contributed by atoms with Gasteiger partial charge in [-0.1, -0.05) is 38.1 Å². The van der Waals surface area contributed by atoms with Crippen molar-refractivity contribution in [2.45, 2.75) is 32.2 Å². The van der Waals surface area contributed by atoms with Gasteiger partial charge in [0.15, 0.2) is 6.19 Å². The highest BCUT2D eigenvalue weighted by Crippen LogP contribution is 2.38.